The third-order valence-corrected chi connectivity index (χ3v) is 10.7. The van der Waals surface area contributed by atoms with Crippen molar-refractivity contribution in [2.75, 3.05) is 19.7 Å². The Labute approximate surface area is 255 Å². The number of fused-ring (bicyclic) bond motifs is 1. The topological polar surface area (TPSA) is 133 Å². The van der Waals surface area contributed by atoms with E-state index in [1.54, 1.807) is 43.2 Å². The summed E-state index contributed by atoms with van der Waals surface area (Å²) in [6, 6.07) is 3.56. The van der Waals surface area contributed by atoms with Crippen LogP contribution in [0.3, 0.4) is 0 Å². The highest BCUT2D eigenvalue weighted by atomic mass is 32.2. The third-order valence-electron chi connectivity index (χ3n) is 7.36. The molecule has 43 heavy (non-hydrogen) atoms. The van der Waals surface area contributed by atoms with Gasteiger partial charge in [0.1, 0.15) is 20.2 Å². The zero-order valence-corrected chi connectivity index (χ0v) is 26.6. The van der Waals surface area contributed by atoms with E-state index in [4.69, 9.17) is 9.47 Å². The molecule has 13 heteroatoms. The number of pyridine rings is 1. The molecule has 1 N–H and O–H groups in total. The molecular weight excluding hydrogens is 590 g/mol. The van der Waals surface area contributed by atoms with E-state index in [-0.39, 0.29) is 25.2 Å². The second kappa shape index (κ2) is 11.8. The van der Waals surface area contributed by atoms with E-state index in [0.717, 1.165) is 18.5 Å². The number of carbonyl (C=O) groups excluding carboxylic acids is 2. The molecule has 1 fully saturated rings. The first-order valence-corrected chi connectivity index (χ1v) is 16.5. The minimum absolute atomic E-state index is 0.0381. The lowest BCUT2D eigenvalue weighted by Crippen LogP contribution is -2.49. The summed E-state index contributed by atoms with van der Waals surface area (Å²) in [4.78, 5) is 35.5. The van der Waals surface area contributed by atoms with Gasteiger partial charge in [0, 0.05) is 48.2 Å². The zero-order chi connectivity index (χ0) is 31.0. The van der Waals surface area contributed by atoms with Gasteiger partial charge >= 0.3 is 12.1 Å². The number of nitrogens with zero attached hydrogens (tertiary/aromatic N) is 4. The van der Waals surface area contributed by atoms with Gasteiger partial charge in [0.25, 0.3) is 0 Å². The van der Waals surface area contributed by atoms with Crippen molar-refractivity contribution in [3.63, 3.8) is 0 Å². The smallest absolute Gasteiger partial charge is 0.410 e. The molecule has 0 radical (unpaired) electrons. The maximum absolute atomic E-state index is 13.9. The molecule has 11 nitrogen and oxygen atoms in total. The molecule has 0 aromatic carbocycles. The highest BCUT2D eigenvalue weighted by Crippen LogP contribution is 2.34. The fraction of sp³-hybridized carbons (Fsp3) is 0.467. The molecule has 1 saturated heterocycles. The van der Waals surface area contributed by atoms with Crippen LogP contribution in [0.15, 0.2) is 54.6 Å². The second-order valence-corrected chi connectivity index (χ2v) is 15.2. The lowest BCUT2D eigenvalue weighted by atomic mass is 9.99. The normalized spacial score (nSPS) is 21.0. The molecular formula is C30H37N5O6S2. The number of ether oxygens (including phenoxy) is 2. The quantitative estimate of drug-likeness (QED) is 0.355. The van der Waals surface area contributed by atoms with Crippen molar-refractivity contribution >= 4 is 44.5 Å². The number of aromatic nitrogens is 3. The molecule has 5 rings (SSSR count). The Morgan fingerprint density at radius 1 is 1.23 bits per heavy atom. The molecule has 0 saturated carbocycles. The predicted molar refractivity (Wildman–Crippen MR) is 165 cm³/mol. The van der Waals surface area contributed by atoms with Crippen molar-refractivity contribution in [1.82, 2.24) is 24.2 Å². The lowest BCUT2D eigenvalue weighted by Gasteiger charge is -2.36. The monoisotopic (exact) mass is 627 g/mol. The molecule has 0 spiro atoms. The summed E-state index contributed by atoms with van der Waals surface area (Å²) in [7, 11) is -3.88. The standard InChI is InChI=1S/C30H37N5O6S2/c1-6-40-27(36)24-18-32-26(42-24)21-16-20-11-15-35(25(20)31-17-21)43(38,39)30(5)12-9-22(10-13-30)33-23-8-7-14-34(19-23)28(37)41-29(2,3)4/h9-12,15-18,23,33H,6-8,13-14,19H2,1-5H3/t23?,30-/m0/s1. The van der Waals surface area contributed by atoms with Gasteiger partial charge in [-0.3, -0.25) is 0 Å². The second-order valence-electron chi connectivity index (χ2n) is 11.9. The number of rotatable bonds is 7. The van der Waals surface area contributed by atoms with E-state index >= 15 is 0 Å². The molecule has 4 heterocycles. The van der Waals surface area contributed by atoms with E-state index < -0.39 is 26.3 Å². The van der Waals surface area contributed by atoms with Crippen LogP contribution in [0, 0.1) is 0 Å². The fourth-order valence-electron chi connectivity index (χ4n) is 5.08. The number of likely N-dealkylation sites (tertiary alicyclic amines) is 1. The Kier molecular flexibility index (Phi) is 8.41. The number of nitrogens with one attached hydrogen (secondary N) is 1. The van der Waals surface area contributed by atoms with Crippen LogP contribution in [0.5, 0.6) is 0 Å². The van der Waals surface area contributed by atoms with Crippen LogP contribution < -0.4 is 5.32 Å². The summed E-state index contributed by atoms with van der Waals surface area (Å²) in [6.07, 6.45) is 11.7. The molecule has 230 valence electrons. The molecule has 3 aromatic heterocycles. The van der Waals surface area contributed by atoms with E-state index in [0.29, 0.717) is 39.6 Å². The first kappa shape index (κ1) is 30.7. The van der Waals surface area contributed by atoms with Crippen LogP contribution >= 0.6 is 11.3 Å². The maximum atomic E-state index is 13.9. The number of amides is 1. The summed E-state index contributed by atoms with van der Waals surface area (Å²) in [5.41, 5.74) is 1.27. The van der Waals surface area contributed by atoms with Gasteiger partial charge in [-0.05, 0) is 72.1 Å². The number of allylic oxidation sites excluding steroid dienone is 2. The number of carbonyl (C=O) groups is 2. The Bertz CT molecular complexity index is 1700. The molecule has 1 aliphatic carbocycles. The van der Waals surface area contributed by atoms with E-state index in [1.807, 2.05) is 32.9 Å². The number of esters is 1. The highest BCUT2D eigenvalue weighted by molar-refractivity contribution is 7.91. The van der Waals surface area contributed by atoms with Crippen LogP contribution in [-0.4, -0.2) is 75.4 Å². The summed E-state index contributed by atoms with van der Waals surface area (Å²) >= 11 is 1.20. The van der Waals surface area contributed by atoms with E-state index in [9.17, 15) is 18.0 Å². The maximum Gasteiger partial charge on any atom is 0.410 e. The van der Waals surface area contributed by atoms with Crippen molar-refractivity contribution in [3.05, 3.63) is 59.5 Å². The first-order valence-electron chi connectivity index (χ1n) is 14.3. The molecule has 1 aliphatic heterocycles. The van der Waals surface area contributed by atoms with Crippen molar-refractivity contribution in [1.29, 1.82) is 0 Å². The molecule has 3 aromatic rings. The van der Waals surface area contributed by atoms with Crippen LogP contribution in [0.1, 0.15) is 63.6 Å². The highest BCUT2D eigenvalue weighted by Gasteiger charge is 2.40. The summed E-state index contributed by atoms with van der Waals surface area (Å²) in [6.45, 7) is 10.4. The van der Waals surface area contributed by atoms with Crippen LogP contribution in [0.4, 0.5) is 4.79 Å². The Morgan fingerprint density at radius 3 is 2.72 bits per heavy atom. The molecule has 1 unspecified atom stereocenters. The average Bonchev–Trinajstić information content (AvgIpc) is 3.62. The zero-order valence-electron chi connectivity index (χ0n) is 25.0. The SMILES string of the molecule is CCOC(=O)c1cnc(-c2cnc3c(ccn3S(=O)(=O)[C@@]3(C)C=CC(NC4CCCN(C(=O)OC(C)(C)C)C4)=CC3)c2)s1. The predicted octanol–water partition coefficient (Wildman–Crippen LogP) is 5.11. The number of thiazole rings is 1. The van der Waals surface area contributed by atoms with Crippen molar-refractivity contribution < 1.29 is 27.5 Å². The Morgan fingerprint density at radius 2 is 2.02 bits per heavy atom. The summed E-state index contributed by atoms with van der Waals surface area (Å²) < 4.78 is 38.4. The van der Waals surface area contributed by atoms with Gasteiger partial charge < -0.3 is 19.7 Å². The van der Waals surface area contributed by atoms with Gasteiger partial charge in [-0.25, -0.2) is 31.9 Å². The third kappa shape index (κ3) is 6.47. The first-order chi connectivity index (χ1) is 20.3. The summed E-state index contributed by atoms with van der Waals surface area (Å²) in [5.74, 6) is -0.430. The number of hydrogen-bond donors (Lipinski definition) is 1. The van der Waals surface area contributed by atoms with Gasteiger partial charge in [0.2, 0.25) is 10.0 Å². The molecule has 1 amide bonds. The summed E-state index contributed by atoms with van der Waals surface area (Å²) in [5, 5.41) is 4.70. The van der Waals surface area contributed by atoms with Crippen molar-refractivity contribution in [2.45, 2.75) is 70.3 Å². The van der Waals surface area contributed by atoms with Gasteiger partial charge in [0.05, 0.1) is 12.8 Å². The van der Waals surface area contributed by atoms with Crippen LogP contribution in [0.25, 0.3) is 21.6 Å². The van der Waals surface area contributed by atoms with Gasteiger partial charge in [0.15, 0.2) is 5.65 Å². The lowest BCUT2D eigenvalue weighted by molar-refractivity contribution is 0.0191. The average molecular weight is 628 g/mol. The minimum Gasteiger partial charge on any atom is -0.462 e. The van der Waals surface area contributed by atoms with Crippen molar-refractivity contribution in [2.24, 2.45) is 0 Å². The van der Waals surface area contributed by atoms with Crippen LogP contribution in [0.2, 0.25) is 0 Å². The number of hydrogen-bond acceptors (Lipinski definition) is 10. The molecule has 2 atom stereocenters. The Hall–Kier alpha value is -3.71. The van der Waals surface area contributed by atoms with Gasteiger partial charge in [-0.2, -0.15) is 0 Å². The minimum atomic E-state index is -3.88. The van der Waals surface area contributed by atoms with Gasteiger partial charge in [-0.15, -0.1) is 11.3 Å². The fourth-order valence-corrected chi connectivity index (χ4v) is 7.45. The van der Waals surface area contributed by atoms with E-state index in [2.05, 4.69) is 15.3 Å². The van der Waals surface area contributed by atoms with E-state index in [1.165, 1.54) is 27.7 Å². The number of piperidine rings is 1. The molecule has 0 bridgehead atoms. The van der Waals surface area contributed by atoms with Crippen LogP contribution in [-0.2, 0) is 19.5 Å². The largest absolute Gasteiger partial charge is 0.462 e. The van der Waals surface area contributed by atoms with Crippen molar-refractivity contribution in [3.8, 4) is 10.6 Å². The Balaban J connectivity index is 1.28. The van der Waals surface area contributed by atoms with Gasteiger partial charge in [-0.1, -0.05) is 12.2 Å². The molecule has 2 aliphatic rings.